The summed E-state index contributed by atoms with van der Waals surface area (Å²) < 4.78 is 38.5. The summed E-state index contributed by atoms with van der Waals surface area (Å²) in [4.78, 5) is 43.2. The Bertz CT molecular complexity index is 1180. The van der Waals surface area contributed by atoms with E-state index in [0.717, 1.165) is 31.2 Å². The van der Waals surface area contributed by atoms with Gasteiger partial charge in [0.2, 0.25) is 11.8 Å². The molecule has 2 saturated carbocycles. The summed E-state index contributed by atoms with van der Waals surface area (Å²) in [7, 11) is 0. The average Bonchev–Trinajstić information content (AvgIpc) is 3.82. The van der Waals surface area contributed by atoms with Crippen LogP contribution in [-0.2, 0) is 20.8 Å². The number of rotatable bonds is 11. The van der Waals surface area contributed by atoms with E-state index in [1.54, 1.807) is 18.2 Å². The maximum Gasteiger partial charge on any atom is 0.412 e. The molecule has 3 amide bonds. The number of nitrogens with zero attached hydrogens (tertiary/aromatic N) is 1. The zero-order valence-corrected chi connectivity index (χ0v) is 22.6. The van der Waals surface area contributed by atoms with Crippen molar-refractivity contribution in [2.45, 2.75) is 82.7 Å². The minimum absolute atomic E-state index is 0.0120. The van der Waals surface area contributed by atoms with E-state index in [1.165, 1.54) is 12.3 Å². The average molecular weight is 563 g/mol. The molecule has 12 heteroatoms. The van der Waals surface area contributed by atoms with Crippen LogP contribution in [0.25, 0.3) is 0 Å². The number of fused-ring (bicyclic) bond motifs is 1. The summed E-state index contributed by atoms with van der Waals surface area (Å²) in [6, 6.07) is 0.991. The standard InChI is InChI=1S/C28H37F3N6O3/c1-14(2)34-21(11-12-32)25(38)37-23(22(15-3-4-15)16-5-6-16)26(39)35-18-8-9-19-17(13-18)7-10-20(19)36-27(40)24(33)28(29,30)31/h8-9,11-16,20,22-24H,3-7,10,32-33H2,1-2H3,(H,35,39)(H,36,40)(H,37,38)/b12-11-,34-21?/t20-,23+,24?/m1/s1. The number of nitrogens with two attached hydrogens (primary N) is 2. The van der Waals surface area contributed by atoms with Crippen LogP contribution in [0.1, 0.15) is 63.1 Å². The number of carbonyl (C=O) groups is 3. The fraction of sp³-hybridized carbons (Fsp3) is 0.571. The van der Waals surface area contributed by atoms with Gasteiger partial charge in [0.25, 0.3) is 5.91 Å². The molecule has 40 heavy (non-hydrogen) atoms. The van der Waals surface area contributed by atoms with Crippen LogP contribution < -0.4 is 27.4 Å². The zero-order chi connectivity index (χ0) is 29.2. The maximum atomic E-state index is 13.6. The quantitative estimate of drug-likeness (QED) is 0.263. The number of aliphatic imine (C=N–C) groups is 1. The Balaban J connectivity index is 1.49. The summed E-state index contributed by atoms with van der Waals surface area (Å²) in [5.74, 6) is -1.34. The monoisotopic (exact) mass is 562 g/mol. The van der Waals surface area contributed by atoms with E-state index in [-0.39, 0.29) is 23.6 Å². The summed E-state index contributed by atoms with van der Waals surface area (Å²) in [6.45, 7) is 3.68. The highest BCUT2D eigenvalue weighted by Gasteiger charge is 2.48. The van der Waals surface area contributed by atoms with Crippen LogP contribution in [0, 0.1) is 17.8 Å². The minimum Gasteiger partial charge on any atom is -0.405 e. The van der Waals surface area contributed by atoms with Gasteiger partial charge < -0.3 is 27.4 Å². The molecule has 0 saturated heterocycles. The van der Waals surface area contributed by atoms with Crippen molar-refractivity contribution < 1.29 is 27.6 Å². The van der Waals surface area contributed by atoms with Crippen molar-refractivity contribution in [2.24, 2.45) is 34.2 Å². The Morgan fingerprint density at radius 1 is 1.05 bits per heavy atom. The smallest absolute Gasteiger partial charge is 0.405 e. The fourth-order valence-corrected chi connectivity index (χ4v) is 5.47. The number of anilines is 1. The molecule has 0 radical (unpaired) electrons. The fourth-order valence-electron chi connectivity index (χ4n) is 5.47. The normalized spacial score (nSPS) is 20.9. The Morgan fingerprint density at radius 2 is 1.70 bits per heavy atom. The van der Waals surface area contributed by atoms with Crippen LogP contribution >= 0.6 is 0 Å². The van der Waals surface area contributed by atoms with Gasteiger partial charge in [0, 0.05) is 11.7 Å². The number of nitrogens with one attached hydrogen (secondary N) is 3. The Morgan fingerprint density at radius 3 is 2.25 bits per heavy atom. The van der Waals surface area contributed by atoms with Crippen molar-refractivity contribution in [3.05, 3.63) is 41.6 Å². The van der Waals surface area contributed by atoms with Crippen LogP contribution in [0.5, 0.6) is 0 Å². The van der Waals surface area contributed by atoms with Crippen molar-refractivity contribution in [1.29, 1.82) is 0 Å². The second-order valence-electron chi connectivity index (χ2n) is 11.2. The lowest BCUT2D eigenvalue weighted by molar-refractivity contribution is -0.163. The predicted molar refractivity (Wildman–Crippen MR) is 145 cm³/mol. The van der Waals surface area contributed by atoms with E-state index >= 15 is 0 Å². The molecule has 3 aliphatic carbocycles. The van der Waals surface area contributed by atoms with E-state index in [1.807, 2.05) is 13.8 Å². The Labute approximate surface area is 231 Å². The van der Waals surface area contributed by atoms with Gasteiger partial charge in [0.1, 0.15) is 11.8 Å². The summed E-state index contributed by atoms with van der Waals surface area (Å²) in [5, 5.41) is 8.25. The van der Waals surface area contributed by atoms with E-state index in [4.69, 9.17) is 11.5 Å². The van der Waals surface area contributed by atoms with Crippen molar-refractivity contribution in [1.82, 2.24) is 10.6 Å². The van der Waals surface area contributed by atoms with Gasteiger partial charge in [-0.25, -0.2) is 0 Å². The molecular weight excluding hydrogens is 525 g/mol. The first-order valence-electron chi connectivity index (χ1n) is 13.7. The van der Waals surface area contributed by atoms with E-state index in [0.29, 0.717) is 35.9 Å². The number of halogens is 3. The number of aryl methyl sites for hydroxylation is 1. The van der Waals surface area contributed by atoms with Gasteiger partial charge in [-0.15, -0.1) is 0 Å². The molecule has 1 unspecified atom stereocenters. The van der Waals surface area contributed by atoms with Crippen molar-refractivity contribution in [3.8, 4) is 0 Å². The van der Waals surface area contributed by atoms with Gasteiger partial charge in [0.15, 0.2) is 6.04 Å². The molecule has 0 bridgehead atoms. The maximum absolute atomic E-state index is 13.6. The molecule has 7 N–H and O–H groups in total. The number of alkyl halides is 3. The van der Waals surface area contributed by atoms with Gasteiger partial charge in [-0.05, 0) is 106 Å². The molecule has 3 aliphatic rings. The second kappa shape index (κ2) is 12.0. The zero-order valence-electron chi connectivity index (χ0n) is 22.6. The lowest BCUT2D eigenvalue weighted by atomic mass is 9.88. The molecular formula is C28H37F3N6O3. The predicted octanol–water partition coefficient (Wildman–Crippen LogP) is 2.86. The van der Waals surface area contributed by atoms with Gasteiger partial charge in [-0.2, -0.15) is 13.2 Å². The van der Waals surface area contributed by atoms with Crippen molar-refractivity contribution >= 4 is 29.1 Å². The SMILES string of the molecule is CC(C)N=C(/C=C\N)C(=O)N[C@H](C(=O)Nc1ccc2c(c1)CC[C@H]2NC(=O)C(N)C(F)(F)F)C(C1CC1)C1CC1. The van der Waals surface area contributed by atoms with Gasteiger partial charge in [-0.3, -0.25) is 19.4 Å². The molecule has 9 nitrogen and oxygen atoms in total. The highest BCUT2D eigenvalue weighted by molar-refractivity contribution is 6.43. The number of hydrogen-bond acceptors (Lipinski definition) is 6. The molecule has 218 valence electrons. The molecule has 1 aromatic carbocycles. The molecule has 3 atom stereocenters. The third-order valence-corrected chi connectivity index (χ3v) is 7.61. The van der Waals surface area contributed by atoms with Gasteiger partial charge in [-0.1, -0.05) is 6.07 Å². The second-order valence-corrected chi connectivity index (χ2v) is 11.2. The van der Waals surface area contributed by atoms with Crippen LogP contribution in [-0.4, -0.2) is 47.7 Å². The first-order valence-corrected chi connectivity index (χ1v) is 13.7. The van der Waals surface area contributed by atoms with Gasteiger partial charge in [0.05, 0.1) is 6.04 Å². The Kier molecular flexibility index (Phi) is 8.86. The first kappa shape index (κ1) is 29.6. The van der Waals surface area contributed by atoms with E-state index < -0.39 is 36.1 Å². The topological polar surface area (TPSA) is 152 Å². The number of benzene rings is 1. The van der Waals surface area contributed by atoms with Crippen LogP contribution in [0.4, 0.5) is 18.9 Å². The Hall–Kier alpha value is -3.41. The minimum atomic E-state index is -4.83. The van der Waals surface area contributed by atoms with Crippen LogP contribution in [0.15, 0.2) is 35.5 Å². The lowest BCUT2D eigenvalue weighted by Gasteiger charge is -2.27. The number of carbonyl (C=O) groups excluding carboxylic acids is 3. The van der Waals surface area contributed by atoms with Crippen molar-refractivity contribution in [3.63, 3.8) is 0 Å². The molecule has 4 rings (SSSR count). The number of hydrogen-bond donors (Lipinski definition) is 5. The molecule has 0 heterocycles. The van der Waals surface area contributed by atoms with Crippen molar-refractivity contribution in [2.75, 3.05) is 5.32 Å². The summed E-state index contributed by atoms with van der Waals surface area (Å²) >= 11 is 0. The third kappa shape index (κ3) is 7.21. The summed E-state index contributed by atoms with van der Waals surface area (Å²) in [5.41, 5.74) is 12.7. The largest absolute Gasteiger partial charge is 0.412 e. The molecule has 2 fully saturated rings. The van der Waals surface area contributed by atoms with E-state index in [2.05, 4.69) is 20.9 Å². The molecule has 1 aromatic rings. The third-order valence-electron chi connectivity index (χ3n) is 7.61. The number of amides is 3. The van der Waals surface area contributed by atoms with E-state index in [9.17, 15) is 27.6 Å². The lowest BCUT2D eigenvalue weighted by Crippen LogP contribution is -2.51. The van der Waals surface area contributed by atoms with Crippen LogP contribution in [0.3, 0.4) is 0 Å². The first-order chi connectivity index (χ1) is 18.9. The molecule has 0 aromatic heterocycles. The molecule has 0 spiro atoms. The van der Waals surface area contributed by atoms with Crippen LogP contribution in [0.2, 0.25) is 0 Å². The summed E-state index contributed by atoms with van der Waals surface area (Å²) in [6.07, 6.45) is 2.82. The van der Waals surface area contributed by atoms with Gasteiger partial charge >= 0.3 is 6.18 Å². The molecule has 0 aliphatic heterocycles. The highest BCUT2D eigenvalue weighted by atomic mass is 19.4. The highest BCUT2D eigenvalue weighted by Crippen LogP contribution is 2.51.